The van der Waals surface area contributed by atoms with Crippen LogP contribution in [0.4, 0.5) is 0 Å². The summed E-state index contributed by atoms with van der Waals surface area (Å²) >= 11 is 0. The molecule has 0 radical (unpaired) electrons. The molecule has 0 unspecified atom stereocenters. The highest BCUT2D eigenvalue weighted by atomic mass is 17.8. The van der Waals surface area contributed by atoms with Crippen molar-refractivity contribution in [1.29, 1.82) is 0 Å². The van der Waals surface area contributed by atoms with Gasteiger partial charge in [-0.25, -0.2) is 0 Å². The Morgan fingerprint density at radius 1 is 1.27 bits per heavy atom. The smallest absolute Gasteiger partial charge is 0.125 e. The molecule has 0 amide bonds. The van der Waals surface area contributed by atoms with Crippen LogP contribution in [0, 0.1) is 0 Å². The quantitative estimate of drug-likeness (QED) is 0.269. The summed E-state index contributed by atoms with van der Waals surface area (Å²) < 4.78 is 0. The lowest BCUT2D eigenvalue weighted by Crippen LogP contribution is -2.27. The van der Waals surface area contributed by atoms with Gasteiger partial charge < -0.3 is 15.2 Å². The van der Waals surface area contributed by atoms with Gasteiger partial charge in [-0.15, -0.1) is 0 Å². The highest BCUT2D eigenvalue weighted by Gasteiger charge is 1.86. The molecule has 0 atom stereocenters. The molecule has 0 saturated heterocycles. The Morgan fingerprint density at radius 2 is 1.82 bits per heavy atom. The number of rotatable bonds is 5. The van der Waals surface area contributed by atoms with Crippen molar-refractivity contribution in [3.8, 4) is 0 Å². The summed E-state index contributed by atoms with van der Waals surface area (Å²) in [5.74, 6) is -1.51. The zero-order chi connectivity index (χ0) is 7.11. The minimum Gasteiger partial charge on any atom is -0.689 e. The second-order valence-corrected chi connectivity index (χ2v) is 0.838. The Morgan fingerprint density at radius 3 is 2.18 bits per heavy atom. The minimum atomic E-state index is -1.51. The van der Waals surface area contributed by atoms with Crippen molar-refractivity contribution in [2.75, 3.05) is 6.61 Å². The average molecular weight is 170 g/mol. The first-order valence-corrected chi connectivity index (χ1v) is 1.72. The van der Waals surface area contributed by atoms with Gasteiger partial charge in [0.05, 0.1) is 5.97 Å². The molecule has 11 heavy (non-hydrogen) atoms. The fourth-order valence-electron chi connectivity index (χ4n) is 0.103. The summed E-state index contributed by atoms with van der Waals surface area (Å²) in [6.45, 7) is -0.844. The average Bonchev–Trinajstić information content (AvgIpc) is 1.80. The normalized spacial score (nSPS) is 7.73. The molecule has 0 aliphatic heterocycles. The van der Waals surface area contributed by atoms with Crippen LogP contribution in [0.2, 0.25) is 0 Å². The Hall–Kier alpha value is -0.730. The van der Waals surface area contributed by atoms with Crippen molar-refractivity contribution < 1.29 is 35.2 Å². The van der Waals surface area contributed by atoms with Crippen LogP contribution < -0.4 is 10.4 Å². The van der Waals surface area contributed by atoms with Gasteiger partial charge in [-0.3, -0.25) is 5.04 Å². The molecule has 0 aromatic rings. The van der Waals surface area contributed by atoms with Gasteiger partial charge in [0.1, 0.15) is 6.61 Å². The predicted molar refractivity (Wildman–Crippen MR) is 27.7 cm³/mol. The van der Waals surface area contributed by atoms with Crippen LogP contribution in [0.1, 0.15) is 14.9 Å². The van der Waals surface area contributed by atoms with Crippen molar-refractivity contribution in [1.82, 2.24) is 0 Å². The Bertz CT molecular complexity index is 82.5. The van der Waals surface area contributed by atoms with E-state index >= 15 is 0 Å². The number of carbonyl (C=O) groups excluding carboxylic acids is 1. The van der Waals surface area contributed by atoms with E-state index in [4.69, 9.17) is 5.26 Å². The number of carboxylic acids is 1. The van der Waals surface area contributed by atoms with Crippen molar-refractivity contribution in [2.45, 2.75) is 14.9 Å². The van der Waals surface area contributed by atoms with Crippen LogP contribution in [0.5, 0.6) is 0 Å². The first-order chi connectivity index (χ1) is 4.27. The van der Waals surface area contributed by atoms with E-state index < -0.39 is 12.6 Å². The summed E-state index contributed by atoms with van der Waals surface area (Å²) in [4.78, 5) is 13.1. The third kappa shape index (κ3) is 17.6. The standard InChI is InChI=1S/C2H4O7.2CH4/c3-2(4)1-6-8-9-7-5;;/h5H,1H2,(H,3,4);2*1H4/p-2. The summed E-state index contributed by atoms with van der Waals surface area (Å²) in [5.41, 5.74) is 0. The number of hydrogen-bond acceptors (Lipinski definition) is 7. The van der Waals surface area contributed by atoms with E-state index in [0.717, 1.165) is 0 Å². The number of carboxylic acid groups (broad SMARTS) is 1. The van der Waals surface area contributed by atoms with E-state index in [0.29, 0.717) is 0 Å². The largest absolute Gasteiger partial charge is 0.689 e. The second-order valence-electron chi connectivity index (χ2n) is 0.838. The van der Waals surface area contributed by atoms with Crippen LogP contribution in [0.3, 0.4) is 0 Å². The molecule has 70 valence electrons. The van der Waals surface area contributed by atoms with Gasteiger partial charge in [-0.1, -0.05) is 14.9 Å². The van der Waals surface area contributed by atoms with Crippen molar-refractivity contribution in [2.24, 2.45) is 0 Å². The monoisotopic (exact) mass is 170 g/mol. The molecule has 0 aliphatic rings. The SMILES string of the molecule is C.C.O=C([O-])COOOO[O-]. The Kier molecular flexibility index (Phi) is 18.2. The molecule has 0 rings (SSSR count). The summed E-state index contributed by atoms with van der Waals surface area (Å²) in [6.07, 6.45) is 0. The van der Waals surface area contributed by atoms with Gasteiger partial charge in [0.25, 0.3) is 0 Å². The first-order valence-electron chi connectivity index (χ1n) is 1.72. The molecule has 7 nitrogen and oxygen atoms in total. The van der Waals surface area contributed by atoms with E-state index in [1.807, 2.05) is 0 Å². The van der Waals surface area contributed by atoms with Gasteiger partial charge in [0.2, 0.25) is 0 Å². The molecule has 0 heterocycles. The van der Waals surface area contributed by atoms with Crippen molar-refractivity contribution >= 4 is 5.97 Å². The molecular weight excluding hydrogens is 160 g/mol. The van der Waals surface area contributed by atoms with Gasteiger partial charge in [-0.2, -0.15) is 4.89 Å². The summed E-state index contributed by atoms with van der Waals surface area (Å²) in [5, 5.41) is 27.4. The zero-order valence-electron chi connectivity index (χ0n) is 4.06. The third-order valence-electron chi connectivity index (χ3n) is 0.280. The first kappa shape index (κ1) is 16.7. The molecular formula is C4H10O7-2. The molecule has 0 saturated carbocycles. The van der Waals surface area contributed by atoms with Gasteiger partial charge in [-0.05, 0) is 10.1 Å². The highest BCUT2D eigenvalue weighted by Crippen LogP contribution is 1.76. The van der Waals surface area contributed by atoms with E-state index in [2.05, 4.69) is 20.0 Å². The highest BCUT2D eigenvalue weighted by molar-refractivity contribution is 5.65. The lowest BCUT2D eigenvalue weighted by Gasteiger charge is -2.03. The fourth-order valence-corrected chi connectivity index (χ4v) is 0.103. The van der Waals surface area contributed by atoms with Crippen molar-refractivity contribution in [3.05, 3.63) is 0 Å². The van der Waals surface area contributed by atoms with Crippen LogP contribution in [-0.4, -0.2) is 12.6 Å². The maximum absolute atomic E-state index is 9.47. The van der Waals surface area contributed by atoms with E-state index in [1.54, 1.807) is 0 Å². The van der Waals surface area contributed by atoms with Crippen molar-refractivity contribution in [3.63, 3.8) is 0 Å². The topological polar surface area (TPSA) is 100 Å². The lowest BCUT2D eigenvalue weighted by atomic mass is 10.8. The third-order valence-corrected chi connectivity index (χ3v) is 0.280. The summed E-state index contributed by atoms with van der Waals surface area (Å²) in [7, 11) is 0. The maximum atomic E-state index is 9.47. The zero-order valence-corrected chi connectivity index (χ0v) is 4.06. The van der Waals surface area contributed by atoms with Crippen LogP contribution in [-0.2, 0) is 24.8 Å². The minimum absolute atomic E-state index is 0. The summed E-state index contributed by atoms with van der Waals surface area (Å²) in [6, 6.07) is 0. The van der Waals surface area contributed by atoms with Gasteiger partial charge in [0, 0.05) is 0 Å². The molecule has 0 aromatic heterocycles. The fraction of sp³-hybridized carbons (Fsp3) is 0.750. The number of aliphatic carboxylic acids is 1. The predicted octanol–water partition coefficient (Wildman–Crippen LogP) is -1.90. The lowest BCUT2D eigenvalue weighted by molar-refractivity contribution is -0.874. The number of hydrogen-bond donors (Lipinski definition) is 0. The molecule has 0 spiro atoms. The molecule has 0 fully saturated rings. The van der Waals surface area contributed by atoms with Crippen LogP contribution in [0.25, 0.3) is 0 Å². The van der Waals surface area contributed by atoms with Crippen LogP contribution in [0.15, 0.2) is 0 Å². The maximum Gasteiger partial charge on any atom is 0.125 e. The van der Waals surface area contributed by atoms with E-state index in [-0.39, 0.29) is 14.9 Å². The molecule has 0 bridgehead atoms. The molecule has 0 aliphatic carbocycles. The van der Waals surface area contributed by atoms with E-state index in [9.17, 15) is 9.90 Å². The molecule has 7 heteroatoms. The molecule has 0 aromatic carbocycles. The Labute approximate surface area is 63.8 Å². The van der Waals surface area contributed by atoms with Gasteiger partial charge in [0.15, 0.2) is 0 Å². The van der Waals surface area contributed by atoms with Crippen LogP contribution >= 0.6 is 0 Å². The number of carbonyl (C=O) groups is 1. The van der Waals surface area contributed by atoms with E-state index in [1.165, 1.54) is 0 Å². The van der Waals surface area contributed by atoms with Gasteiger partial charge >= 0.3 is 0 Å². The second kappa shape index (κ2) is 12.0. The Balaban J connectivity index is -0.000000320. The molecule has 0 N–H and O–H groups in total.